The Balaban J connectivity index is 2.60. The van der Waals surface area contributed by atoms with Crippen LogP contribution in [0.2, 0.25) is 0 Å². The molecule has 1 aromatic heterocycles. The average Bonchev–Trinajstić information content (AvgIpc) is 3.30. The van der Waals surface area contributed by atoms with Gasteiger partial charge in [0.1, 0.15) is 5.56 Å². The third kappa shape index (κ3) is 2.01. The Morgan fingerprint density at radius 1 is 1.41 bits per heavy atom. The van der Waals surface area contributed by atoms with Crippen molar-refractivity contribution in [2.45, 2.75) is 18.9 Å². The largest absolute Gasteiger partial charge is 0.477 e. The highest BCUT2D eigenvalue weighted by atomic mass is 79.9. The third-order valence-corrected chi connectivity index (χ3v) is 4.44. The van der Waals surface area contributed by atoms with Gasteiger partial charge in [-0.25, -0.2) is 13.6 Å². The first-order valence-corrected chi connectivity index (χ1v) is 7.34. The topological polar surface area (TPSA) is 71.3 Å². The number of rotatable bonds is 3. The molecule has 2 N–H and O–H groups in total. The summed E-state index contributed by atoms with van der Waals surface area (Å²) < 4.78 is 29.5. The van der Waals surface area contributed by atoms with E-state index >= 15 is 0 Å². The van der Waals surface area contributed by atoms with E-state index in [1.807, 2.05) is 0 Å². The number of nitrogens with zero attached hydrogens (tertiary/aromatic N) is 1. The van der Waals surface area contributed by atoms with Gasteiger partial charge < -0.3 is 15.0 Å². The van der Waals surface area contributed by atoms with Crippen molar-refractivity contribution in [1.29, 1.82) is 0 Å². The van der Waals surface area contributed by atoms with Gasteiger partial charge in [-0.05, 0) is 28.8 Å². The van der Waals surface area contributed by atoms with Crippen LogP contribution >= 0.6 is 15.9 Å². The van der Waals surface area contributed by atoms with E-state index in [0.29, 0.717) is 0 Å². The molecule has 1 heterocycles. The number of fused-ring (bicyclic) bond motifs is 1. The predicted molar refractivity (Wildman–Crippen MR) is 80.6 cm³/mol. The Hall–Kier alpha value is -1.96. The molecule has 2 aromatic rings. The molecule has 116 valence electrons. The number of nitrogens with one attached hydrogen (secondary N) is 1. The number of aromatic carboxylic acids is 1. The fourth-order valence-electron chi connectivity index (χ4n) is 2.54. The molecule has 0 radical (unpaired) electrons. The molecule has 0 saturated heterocycles. The highest BCUT2D eigenvalue weighted by molar-refractivity contribution is 9.10. The summed E-state index contributed by atoms with van der Waals surface area (Å²) in [5.41, 5.74) is -1.48. The Kier molecular flexibility index (Phi) is 3.43. The van der Waals surface area contributed by atoms with E-state index in [1.165, 1.54) is 17.8 Å². The van der Waals surface area contributed by atoms with Crippen LogP contribution in [0.25, 0.3) is 10.9 Å². The summed E-state index contributed by atoms with van der Waals surface area (Å²) in [4.78, 5) is 23.7. The van der Waals surface area contributed by atoms with E-state index < -0.39 is 28.6 Å². The standard InChI is InChI=1S/C14H11BrF2N2O3/c1-18-11-7-12(8(15)9(16)10(11)17)19(5-2-3-5)4-6(13(7)20)14(21)22/h4-5,18H,2-3H2,1H3,(H,21,22). The first kappa shape index (κ1) is 15.0. The molecule has 8 heteroatoms. The smallest absolute Gasteiger partial charge is 0.341 e. The minimum Gasteiger partial charge on any atom is -0.477 e. The number of pyridine rings is 1. The zero-order chi connectivity index (χ0) is 16.2. The molecular weight excluding hydrogens is 362 g/mol. The molecule has 0 unspecified atom stereocenters. The minimum absolute atomic E-state index is 0.0212. The van der Waals surface area contributed by atoms with Crippen LogP contribution in [0, 0.1) is 11.6 Å². The second-order valence-electron chi connectivity index (χ2n) is 5.11. The van der Waals surface area contributed by atoms with Gasteiger partial charge >= 0.3 is 5.97 Å². The van der Waals surface area contributed by atoms with Gasteiger partial charge in [0.2, 0.25) is 5.43 Å². The van der Waals surface area contributed by atoms with Gasteiger partial charge in [-0.3, -0.25) is 4.79 Å². The van der Waals surface area contributed by atoms with E-state index in [0.717, 1.165) is 12.8 Å². The fourth-order valence-corrected chi connectivity index (χ4v) is 3.11. The van der Waals surface area contributed by atoms with Crippen LogP contribution in [0.1, 0.15) is 29.2 Å². The summed E-state index contributed by atoms with van der Waals surface area (Å²) in [6, 6.07) is -0.0212. The van der Waals surface area contributed by atoms with Crippen molar-refractivity contribution in [3.8, 4) is 0 Å². The zero-order valence-electron chi connectivity index (χ0n) is 11.4. The fraction of sp³-hybridized carbons (Fsp3) is 0.286. The lowest BCUT2D eigenvalue weighted by Gasteiger charge is -2.16. The lowest BCUT2D eigenvalue weighted by molar-refractivity contribution is 0.0695. The summed E-state index contributed by atoms with van der Waals surface area (Å²) in [7, 11) is 1.35. The van der Waals surface area contributed by atoms with Gasteiger partial charge in [0.05, 0.1) is 21.1 Å². The predicted octanol–water partition coefficient (Wildman–Crippen LogP) is 3.12. The summed E-state index contributed by atoms with van der Waals surface area (Å²) >= 11 is 2.99. The maximum Gasteiger partial charge on any atom is 0.341 e. The van der Waals surface area contributed by atoms with E-state index in [2.05, 4.69) is 21.2 Å². The van der Waals surface area contributed by atoms with Gasteiger partial charge in [-0.2, -0.15) is 0 Å². The second kappa shape index (κ2) is 5.05. The first-order chi connectivity index (χ1) is 10.4. The maximum atomic E-state index is 14.1. The van der Waals surface area contributed by atoms with Gasteiger partial charge in [0.15, 0.2) is 11.6 Å². The van der Waals surface area contributed by atoms with Crippen molar-refractivity contribution in [2.75, 3.05) is 12.4 Å². The van der Waals surface area contributed by atoms with Crippen molar-refractivity contribution in [2.24, 2.45) is 0 Å². The van der Waals surface area contributed by atoms with Crippen LogP contribution in [0.5, 0.6) is 0 Å². The highest BCUT2D eigenvalue weighted by Gasteiger charge is 2.31. The van der Waals surface area contributed by atoms with Crippen LogP contribution in [0.4, 0.5) is 14.5 Å². The number of anilines is 1. The number of aromatic nitrogens is 1. The van der Waals surface area contributed by atoms with Crippen LogP contribution in [-0.4, -0.2) is 22.7 Å². The highest BCUT2D eigenvalue weighted by Crippen LogP contribution is 2.41. The lowest BCUT2D eigenvalue weighted by Crippen LogP contribution is -2.21. The minimum atomic E-state index is -1.40. The molecule has 1 saturated carbocycles. The number of carboxylic acids is 1. The van der Waals surface area contributed by atoms with Crippen molar-refractivity contribution in [3.05, 3.63) is 38.1 Å². The molecule has 1 fully saturated rings. The number of halogens is 3. The molecule has 3 rings (SSSR count). The Bertz CT molecular complexity index is 875. The lowest BCUT2D eigenvalue weighted by atomic mass is 10.1. The monoisotopic (exact) mass is 372 g/mol. The summed E-state index contributed by atoms with van der Waals surface area (Å²) in [6.07, 6.45) is 2.78. The molecule has 0 spiro atoms. The molecule has 0 bridgehead atoms. The molecule has 5 nitrogen and oxygen atoms in total. The number of hydrogen-bond acceptors (Lipinski definition) is 3. The normalized spacial score (nSPS) is 14.4. The first-order valence-electron chi connectivity index (χ1n) is 6.54. The quantitative estimate of drug-likeness (QED) is 0.812. The Morgan fingerprint density at radius 2 is 2.05 bits per heavy atom. The van der Waals surface area contributed by atoms with E-state index in [9.17, 15) is 23.5 Å². The van der Waals surface area contributed by atoms with Crippen molar-refractivity contribution in [1.82, 2.24) is 4.57 Å². The van der Waals surface area contributed by atoms with Crippen molar-refractivity contribution >= 4 is 38.5 Å². The molecule has 1 aromatic carbocycles. The molecule has 1 aliphatic carbocycles. The summed E-state index contributed by atoms with van der Waals surface area (Å²) in [5, 5.41) is 11.5. The summed E-state index contributed by atoms with van der Waals surface area (Å²) in [6.45, 7) is 0. The van der Waals surface area contributed by atoms with E-state index in [4.69, 9.17) is 0 Å². The van der Waals surface area contributed by atoms with Gasteiger partial charge in [0.25, 0.3) is 0 Å². The van der Waals surface area contributed by atoms with Crippen molar-refractivity contribution in [3.63, 3.8) is 0 Å². The van der Waals surface area contributed by atoms with Gasteiger partial charge in [0, 0.05) is 19.3 Å². The second-order valence-corrected chi connectivity index (χ2v) is 5.90. The van der Waals surface area contributed by atoms with Crippen LogP contribution in [0.3, 0.4) is 0 Å². The van der Waals surface area contributed by atoms with Crippen LogP contribution in [-0.2, 0) is 0 Å². The third-order valence-electron chi connectivity index (χ3n) is 3.72. The summed E-state index contributed by atoms with van der Waals surface area (Å²) in [5.74, 6) is -3.73. The SMILES string of the molecule is CNc1c(F)c(F)c(Br)c2c1c(=O)c(C(=O)O)cn2C1CC1. The molecular formula is C14H11BrF2N2O3. The van der Waals surface area contributed by atoms with E-state index in [1.54, 1.807) is 0 Å². The van der Waals surface area contributed by atoms with Crippen molar-refractivity contribution < 1.29 is 18.7 Å². The molecule has 0 aliphatic heterocycles. The van der Waals surface area contributed by atoms with E-state index in [-0.39, 0.29) is 27.1 Å². The van der Waals surface area contributed by atoms with Gasteiger partial charge in [-0.1, -0.05) is 0 Å². The molecule has 22 heavy (non-hydrogen) atoms. The zero-order valence-corrected chi connectivity index (χ0v) is 13.0. The molecule has 0 amide bonds. The van der Waals surface area contributed by atoms with Crippen LogP contribution < -0.4 is 10.7 Å². The van der Waals surface area contributed by atoms with Crippen LogP contribution in [0.15, 0.2) is 15.5 Å². The maximum absolute atomic E-state index is 14.1. The number of hydrogen-bond donors (Lipinski definition) is 2. The number of carbonyl (C=O) groups is 1. The Morgan fingerprint density at radius 3 is 2.55 bits per heavy atom. The number of benzene rings is 1. The van der Waals surface area contributed by atoms with Gasteiger partial charge in [-0.15, -0.1) is 0 Å². The Labute approximate surface area is 131 Å². The average molecular weight is 373 g/mol. The number of carboxylic acid groups (broad SMARTS) is 1. The molecule has 0 atom stereocenters. The molecule has 1 aliphatic rings.